The second-order valence-corrected chi connectivity index (χ2v) is 5.22. The number of benzene rings is 1. The molecule has 0 spiro atoms. The number of hydrogen-bond donors (Lipinski definition) is 1. The minimum Gasteiger partial charge on any atom is -0.497 e. The van der Waals surface area contributed by atoms with Crippen LogP contribution in [0.4, 0.5) is 0 Å². The van der Waals surface area contributed by atoms with E-state index < -0.39 is 0 Å². The van der Waals surface area contributed by atoms with Crippen LogP contribution in [0.3, 0.4) is 0 Å². The number of fused-ring (bicyclic) bond motifs is 5. The summed E-state index contributed by atoms with van der Waals surface area (Å²) in [4.78, 5) is 8.21. The van der Waals surface area contributed by atoms with Gasteiger partial charge in [-0.3, -0.25) is 4.98 Å². The maximum atomic E-state index is 5.27. The van der Waals surface area contributed by atoms with Crippen LogP contribution in [-0.2, 0) is 12.8 Å². The van der Waals surface area contributed by atoms with E-state index >= 15 is 0 Å². The van der Waals surface area contributed by atoms with Crippen molar-refractivity contribution in [2.45, 2.75) is 25.7 Å². The van der Waals surface area contributed by atoms with Gasteiger partial charge < -0.3 is 9.72 Å². The molecule has 3 aromatic rings. The number of rotatable bonds is 1. The third kappa shape index (κ3) is 1.54. The molecule has 19 heavy (non-hydrogen) atoms. The average molecular weight is 252 g/mol. The Balaban J connectivity index is 2.06. The van der Waals surface area contributed by atoms with Gasteiger partial charge in [0.05, 0.1) is 18.1 Å². The van der Waals surface area contributed by atoms with E-state index in [1.165, 1.54) is 53.2 Å². The molecular weight excluding hydrogens is 236 g/mol. The topological polar surface area (TPSA) is 37.9 Å². The van der Waals surface area contributed by atoms with E-state index in [1.807, 2.05) is 18.3 Å². The first kappa shape index (κ1) is 10.9. The smallest absolute Gasteiger partial charge is 0.121 e. The first-order chi connectivity index (χ1) is 9.36. The van der Waals surface area contributed by atoms with Crippen molar-refractivity contribution in [3.8, 4) is 5.75 Å². The SMILES string of the molecule is COc1ccc2c(c1)ncc1c3c([nH]c12)CCCC3. The van der Waals surface area contributed by atoms with Gasteiger partial charge in [-0.1, -0.05) is 0 Å². The van der Waals surface area contributed by atoms with Crippen LogP contribution in [-0.4, -0.2) is 17.1 Å². The third-order valence-corrected chi connectivity index (χ3v) is 4.15. The Morgan fingerprint density at radius 3 is 2.95 bits per heavy atom. The van der Waals surface area contributed by atoms with Crippen molar-refractivity contribution >= 4 is 21.8 Å². The van der Waals surface area contributed by atoms with Gasteiger partial charge in [0, 0.05) is 28.7 Å². The van der Waals surface area contributed by atoms with E-state index in [-0.39, 0.29) is 0 Å². The van der Waals surface area contributed by atoms with E-state index in [1.54, 1.807) is 7.11 Å². The van der Waals surface area contributed by atoms with E-state index in [0.717, 1.165) is 11.3 Å². The highest BCUT2D eigenvalue weighted by Gasteiger charge is 2.17. The number of aryl methyl sites for hydroxylation is 2. The van der Waals surface area contributed by atoms with Crippen molar-refractivity contribution in [3.05, 3.63) is 35.7 Å². The summed E-state index contributed by atoms with van der Waals surface area (Å²) in [5.41, 5.74) is 5.11. The molecule has 96 valence electrons. The standard InChI is InChI=1S/C16H16N2O/c1-19-10-6-7-12-15(8-10)17-9-13-11-4-2-3-5-14(11)18-16(12)13/h6-9,18H,2-5H2,1H3. The van der Waals surface area contributed by atoms with Gasteiger partial charge >= 0.3 is 0 Å². The number of methoxy groups -OCH3 is 1. The lowest BCUT2D eigenvalue weighted by molar-refractivity contribution is 0.415. The highest BCUT2D eigenvalue weighted by molar-refractivity contribution is 6.05. The largest absolute Gasteiger partial charge is 0.497 e. The van der Waals surface area contributed by atoms with Gasteiger partial charge in [-0.2, -0.15) is 0 Å². The van der Waals surface area contributed by atoms with Crippen LogP contribution < -0.4 is 4.74 Å². The quantitative estimate of drug-likeness (QED) is 0.718. The molecule has 0 fully saturated rings. The van der Waals surface area contributed by atoms with Crippen LogP contribution in [0, 0.1) is 0 Å². The molecule has 0 unspecified atom stereocenters. The second-order valence-electron chi connectivity index (χ2n) is 5.22. The fourth-order valence-corrected chi connectivity index (χ4v) is 3.16. The van der Waals surface area contributed by atoms with Crippen molar-refractivity contribution in [2.75, 3.05) is 7.11 Å². The number of ether oxygens (including phenoxy) is 1. The van der Waals surface area contributed by atoms with Crippen molar-refractivity contribution in [1.29, 1.82) is 0 Å². The summed E-state index contributed by atoms with van der Waals surface area (Å²) in [6.45, 7) is 0. The molecule has 3 heteroatoms. The number of nitrogens with one attached hydrogen (secondary N) is 1. The summed E-state index contributed by atoms with van der Waals surface area (Å²) in [7, 11) is 1.69. The molecule has 1 aromatic carbocycles. The molecule has 0 radical (unpaired) electrons. The van der Waals surface area contributed by atoms with E-state index in [9.17, 15) is 0 Å². The van der Waals surface area contributed by atoms with Crippen molar-refractivity contribution < 1.29 is 4.74 Å². The number of aromatic nitrogens is 2. The van der Waals surface area contributed by atoms with E-state index in [2.05, 4.69) is 16.0 Å². The van der Waals surface area contributed by atoms with Crippen LogP contribution in [0.5, 0.6) is 5.75 Å². The molecule has 0 saturated carbocycles. The van der Waals surface area contributed by atoms with Crippen molar-refractivity contribution in [1.82, 2.24) is 9.97 Å². The van der Waals surface area contributed by atoms with Crippen LogP contribution in [0.25, 0.3) is 21.8 Å². The summed E-state index contributed by atoms with van der Waals surface area (Å²) in [5.74, 6) is 0.857. The molecule has 3 nitrogen and oxygen atoms in total. The first-order valence-corrected chi connectivity index (χ1v) is 6.83. The van der Waals surface area contributed by atoms with Crippen LogP contribution in [0.15, 0.2) is 24.4 Å². The highest BCUT2D eigenvalue weighted by Crippen LogP contribution is 2.33. The lowest BCUT2D eigenvalue weighted by atomic mass is 9.96. The molecule has 1 aliphatic rings. The second kappa shape index (κ2) is 3.98. The lowest BCUT2D eigenvalue weighted by Gasteiger charge is -2.10. The van der Waals surface area contributed by atoms with E-state index in [4.69, 9.17) is 4.74 Å². The molecule has 2 heterocycles. The summed E-state index contributed by atoms with van der Waals surface area (Å²) < 4.78 is 5.27. The molecule has 1 N–H and O–H groups in total. The van der Waals surface area contributed by atoms with Gasteiger partial charge in [0.15, 0.2) is 0 Å². The molecule has 0 amide bonds. The molecular formula is C16H16N2O. The van der Waals surface area contributed by atoms with E-state index in [0.29, 0.717) is 0 Å². The monoisotopic (exact) mass is 252 g/mol. The van der Waals surface area contributed by atoms with Gasteiger partial charge in [-0.05, 0) is 43.4 Å². The van der Waals surface area contributed by atoms with Crippen molar-refractivity contribution in [2.24, 2.45) is 0 Å². The first-order valence-electron chi connectivity index (χ1n) is 6.83. The Morgan fingerprint density at radius 1 is 1.16 bits per heavy atom. The predicted molar refractivity (Wildman–Crippen MR) is 76.8 cm³/mol. The summed E-state index contributed by atoms with van der Waals surface area (Å²) >= 11 is 0. The molecule has 0 saturated heterocycles. The zero-order chi connectivity index (χ0) is 12.8. The normalized spacial score (nSPS) is 14.8. The Hall–Kier alpha value is -2.03. The fraction of sp³-hybridized carbons (Fsp3) is 0.312. The lowest BCUT2D eigenvalue weighted by Crippen LogP contribution is -1.99. The minimum absolute atomic E-state index is 0.857. The molecule has 2 aromatic heterocycles. The van der Waals surface area contributed by atoms with Gasteiger partial charge in [0.2, 0.25) is 0 Å². The number of H-pyrrole nitrogens is 1. The Labute approximate surface area is 111 Å². The summed E-state index contributed by atoms with van der Waals surface area (Å²) in [6.07, 6.45) is 6.94. The zero-order valence-electron chi connectivity index (χ0n) is 11.0. The minimum atomic E-state index is 0.857. The number of aromatic amines is 1. The Morgan fingerprint density at radius 2 is 2.05 bits per heavy atom. The number of hydrogen-bond acceptors (Lipinski definition) is 2. The predicted octanol–water partition coefficient (Wildman–Crippen LogP) is 3.60. The average Bonchev–Trinajstić information content (AvgIpc) is 2.85. The number of nitrogens with zero attached hydrogens (tertiary/aromatic N) is 1. The number of pyridine rings is 1. The van der Waals surface area contributed by atoms with Crippen LogP contribution in [0.2, 0.25) is 0 Å². The molecule has 0 atom stereocenters. The zero-order valence-corrected chi connectivity index (χ0v) is 11.0. The third-order valence-electron chi connectivity index (χ3n) is 4.15. The van der Waals surface area contributed by atoms with Gasteiger partial charge in [-0.15, -0.1) is 0 Å². The van der Waals surface area contributed by atoms with Gasteiger partial charge in [0.1, 0.15) is 5.75 Å². The van der Waals surface area contributed by atoms with Gasteiger partial charge in [0.25, 0.3) is 0 Å². The molecule has 1 aliphatic carbocycles. The fourth-order valence-electron chi connectivity index (χ4n) is 3.16. The van der Waals surface area contributed by atoms with Gasteiger partial charge in [-0.25, -0.2) is 0 Å². The maximum absolute atomic E-state index is 5.27. The Kier molecular flexibility index (Phi) is 2.28. The summed E-state index contributed by atoms with van der Waals surface area (Å²) in [6, 6.07) is 6.10. The maximum Gasteiger partial charge on any atom is 0.121 e. The Bertz CT molecular complexity index is 773. The van der Waals surface area contributed by atoms with Crippen LogP contribution in [0.1, 0.15) is 24.1 Å². The van der Waals surface area contributed by atoms with Crippen molar-refractivity contribution in [3.63, 3.8) is 0 Å². The molecule has 0 aliphatic heterocycles. The molecule has 4 rings (SSSR count). The summed E-state index contributed by atoms with van der Waals surface area (Å²) in [5, 5.41) is 2.49. The molecule has 0 bridgehead atoms. The van der Waals surface area contributed by atoms with Crippen LogP contribution >= 0.6 is 0 Å². The highest BCUT2D eigenvalue weighted by atomic mass is 16.5.